The zero-order valence-electron chi connectivity index (χ0n) is 11.2. The van der Waals surface area contributed by atoms with Crippen molar-refractivity contribution in [3.63, 3.8) is 0 Å². The van der Waals surface area contributed by atoms with Crippen LogP contribution in [0.25, 0.3) is 43.9 Å². The molecule has 0 saturated carbocycles. The molecule has 0 unspecified atom stereocenters. The summed E-state index contributed by atoms with van der Waals surface area (Å²) < 4.78 is 14.3. The van der Waals surface area contributed by atoms with E-state index >= 15 is 0 Å². The minimum absolute atomic E-state index is 0.811. The third-order valence-electron chi connectivity index (χ3n) is 4.02. The normalized spacial score (nSPS) is 12.1. The molecule has 0 amide bonds. The summed E-state index contributed by atoms with van der Waals surface area (Å²) >= 11 is 5.88. The van der Waals surface area contributed by atoms with Crippen molar-refractivity contribution in [1.82, 2.24) is 0 Å². The molecule has 0 aliphatic rings. The molecule has 5 rings (SSSR count). The van der Waals surface area contributed by atoms with Crippen LogP contribution in [0.4, 0.5) is 0 Å². The van der Waals surface area contributed by atoms with E-state index in [-0.39, 0.29) is 0 Å². The van der Waals surface area contributed by atoms with Gasteiger partial charge in [-0.05, 0) is 74.9 Å². The number of benzene rings is 3. The third kappa shape index (κ3) is 1.65. The van der Waals surface area contributed by atoms with Crippen LogP contribution in [0.3, 0.4) is 0 Å². The van der Waals surface area contributed by atoms with Gasteiger partial charge in [-0.25, -0.2) is 0 Å². The lowest BCUT2D eigenvalue weighted by molar-refractivity contribution is 0.632. The minimum Gasteiger partial charge on any atom is -0.452 e. The highest BCUT2D eigenvalue weighted by Gasteiger charge is 2.16. The molecule has 0 radical (unpaired) electrons. The van der Waals surface area contributed by atoms with Gasteiger partial charge in [0.25, 0.3) is 0 Å². The van der Waals surface area contributed by atoms with Crippen LogP contribution in [0.5, 0.6) is 0 Å². The Hall–Kier alpha value is -1.53. The lowest BCUT2D eigenvalue weighted by Crippen LogP contribution is -1.70. The van der Waals surface area contributed by atoms with Crippen LogP contribution in [0, 0.1) is 3.57 Å². The van der Waals surface area contributed by atoms with Crippen molar-refractivity contribution >= 4 is 82.4 Å². The van der Waals surface area contributed by atoms with Gasteiger partial charge in [0.15, 0.2) is 11.2 Å². The maximum Gasteiger partial charge on any atom is 0.178 e. The van der Waals surface area contributed by atoms with E-state index in [0.29, 0.717) is 0 Å². The second kappa shape index (κ2) is 4.49. The molecule has 4 heteroatoms. The van der Waals surface area contributed by atoms with Gasteiger partial charge in [-0.3, -0.25) is 0 Å². The van der Waals surface area contributed by atoms with Gasteiger partial charge >= 0.3 is 0 Å². The lowest BCUT2D eigenvalue weighted by Gasteiger charge is -1.91. The van der Waals surface area contributed by atoms with Crippen molar-refractivity contribution in [2.45, 2.75) is 0 Å². The Kier molecular flexibility index (Phi) is 2.64. The summed E-state index contributed by atoms with van der Waals surface area (Å²) in [7, 11) is 0. The van der Waals surface area contributed by atoms with Crippen LogP contribution in [0.1, 0.15) is 0 Å². The standard InChI is InChI=1S/C18H8BrIO2/c19-14-3-1-2-10-11-5-6-12-13-8-9(20)4-7-15(13)21-17(12)18(11)22-16(10)14/h1-8H. The molecule has 2 nitrogen and oxygen atoms in total. The Bertz CT molecular complexity index is 1200. The molecule has 0 N–H and O–H groups in total. The van der Waals surface area contributed by atoms with Crippen LogP contribution in [0.15, 0.2) is 61.8 Å². The summed E-state index contributed by atoms with van der Waals surface area (Å²) in [6, 6.07) is 16.5. The molecule has 3 aromatic carbocycles. The smallest absolute Gasteiger partial charge is 0.178 e. The first-order valence-corrected chi connectivity index (χ1v) is 8.71. The zero-order valence-corrected chi connectivity index (χ0v) is 14.9. The number of fused-ring (bicyclic) bond motifs is 7. The second-order valence-corrected chi connectivity index (χ2v) is 7.38. The van der Waals surface area contributed by atoms with Crippen LogP contribution in [-0.2, 0) is 0 Å². The van der Waals surface area contributed by atoms with Gasteiger partial charge in [-0.1, -0.05) is 12.1 Å². The SMILES string of the molecule is Brc1cccc2c1oc1c2ccc2c3cc(I)ccc3oc21. The predicted octanol–water partition coefficient (Wildman–Crippen LogP) is 6.85. The van der Waals surface area contributed by atoms with E-state index in [4.69, 9.17) is 8.83 Å². The van der Waals surface area contributed by atoms with Gasteiger partial charge < -0.3 is 8.83 Å². The van der Waals surface area contributed by atoms with E-state index < -0.39 is 0 Å². The molecule has 5 aromatic rings. The van der Waals surface area contributed by atoms with Gasteiger partial charge in [-0.2, -0.15) is 0 Å². The highest BCUT2D eigenvalue weighted by molar-refractivity contribution is 14.1. The maximum atomic E-state index is 6.11. The first kappa shape index (κ1) is 13.0. The van der Waals surface area contributed by atoms with Gasteiger partial charge in [0.1, 0.15) is 11.2 Å². The molecule has 2 aromatic heterocycles. The van der Waals surface area contributed by atoms with Crippen LogP contribution in [0.2, 0.25) is 0 Å². The fourth-order valence-electron chi connectivity index (χ4n) is 3.03. The quantitative estimate of drug-likeness (QED) is 0.235. The molecule has 106 valence electrons. The number of halogens is 2. The monoisotopic (exact) mass is 462 g/mol. The van der Waals surface area contributed by atoms with Crippen molar-refractivity contribution in [1.29, 1.82) is 0 Å². The number of furan rings is 2. The molecule has 0 aliphatic carbocycles. The van der Waals surface area contributed by atoms with Crippen LogP contribution in [-0.4, -0.2) is 0 Å². The van der Waals surface area contributed by atoms with Gasteiger partial charge in [-0.15, -0.1) is 0 Å². The summed E-state index contributed by atoms with van der Waals surface area (Å²) in [6.07, 6.45) is 0. The molecular formula is C18H8BrIO2. The number of hydrogen-bond donors (Lipinski definition) is 0. The van der Waals surface area contributed by atoms with Crippen molar-refractivity contribution in [2.75, 3.05) is 0 Å². The summed E-state index contributed by atoms with van der Waals surface area (Å²) in [6.45, 7) is 0. The largest absolute Gasteiger partial charge is 0.452 e. The first-order valence-electron chi connectivity index (χ1n) is 6.84. The predicted molar refractivity (Wildman–Crippen MR) is 101 cm³/mol. The lowest BCUT2D eigenvalue weighted by atomic mass is 10.1. The Morgan fingerprint density at radius 2 is 1.45 bits per heavy atom. The topological polar surface area (TPSA) is 26.3 Å². The average molecular weight is 463 g/mol. The van der Waals surface area contributed by atoms with Crippen LogP contribution >= 0.6 is 38.5 Å². The zero-order chi connectivity index (χ0) is 14.8. The third-order valence-corrected chi connectivity index (χ3v) is 5.31. The van der Waals surface area contributed by atoms with E-state index in [2.05, 4.69) is 68.9 Å². The van der Waals surface area contributed by atoms with E-state index in [0.717, 1.165) is 48.3 Å². The molecule has 0 saturated heterocycles. The molecule has 0 atom stereocenters. The second-order valence-electron chi connectivity index (χ2n) is 5.28. The molecule has 2 heterocycles. The summed E-state index contributed by atoms with van der Waals surface area (Å²) in [5, 5.41) is 4.40. The Labute approximate surface area is 147 Å². The fourth-order valence-corrected chi connectivity index (χ4v) is 3.97. The van der Waals surface area contributed by atoms with Crippen molar-refractivity contribution in [3.05, 3.63) is 56.6 Å². The van der Waals surface area contributed by atoms with Gasteiger partial charge in [0.2, 0.25) is 0 Å². The number of para-hydroxylation sites is 1. The fraction of sp³-hybridized carbons (Fsp3) is 0. The minimum atomic E-state index is 0.811. The molecular weight excluding hydrogens is 455 g/mol. The maximum absolute atomic E-state index is 6.11. The summed E-state index contributed by atoms with van der Waals surface area (Å²) in [4.78, 5) is 0. The van der Waals surface area contributed by atoms with Crippen molar-refractivity contribution < 1.29 is 8.83 Å². The molecule has 0 aliphatic heterocycles. The van der Waals surface area contributed by atoms with Gasteiger partial charge in [0, 0.05) is 25.1 Å². The number of hydrogen-bond acceptors (Lipinski definition) is 2. The van der Waals surface area contributed by atoms with E-state index in [1.54, 1.807) is 0 Å². The first-order chi connectivity index (χ1) is 10.7. The van der Waals surface area contributed by atoms with E-state index in [1.165, 1.54) is 3.57 Å². The summed E-state index contributed by atoms with van der Waals surface area (Å²) in [5.74, 6) is 0. The highest BCUT2D eigenvalue weighted by atomic mass is 127. The Balaban J connectivity index is 2.05. The summed E-state index contributed by atoms with van der Waals surface area (Å²) in [5.41, 5.74) is 3.38. The molecule has 22 heavy (non-hydrogen) atoms. The molecule has 0 fully saturated rings. The van der Waals surface area contributed by atoms with E-state index in [9.17, 15) is 0 Å². The van der Waals surface area contributed by atoms with Crippen molar-refractivity contribution in [2.24, 2.45) is 0 Å². The van der Waals surface area contributed by atoms with E-state index in [1.807, 2.05) is 18.2 Å². The Morgan fingerprint density at radius 3 is 2.32 bits per heavy atom. The highest BCUT2D eigenvalue weighted by Crippen LogP contribution is 2.40. The van der Waals surface area contributed by atoms with Crippen LogP contribution < -0.4 is 0 Å². The van der Waals surface area contributed by atoms with Crippen molar-refractivity contribution in [3.8, 4) is 0 Å². The van der Waals surface area contributed by atoms with Gasteiger partial charge in [0.05, 0.1) is 4.47 Å². The molecule has 0 spiro atoms. The average Bonchev–Trinajstić information content (AvgIpc) is 3.06. The number of rotatable bonds is 0. The Morgan fingerprint density at radius 1 is 0.727 bits per heavy atom. The molecule has 0 bridgehead atoms.